The molecule has 7 heteroatoms. The van der Waals surface area contributed by atoms with Crippen LogP contribution in [0.5, 0.6) is 5.88 Å². The van der Waals surface area contributed by atoms with E-state index in [-0.39, 0.29) is 11.4 Å². The van der Waals surface area contributed by atoms with Crippen LogP contribution >= 0.6 is 0 Å². The Morgan fingerprint density at radius 2 is 2.00 bits per heavy atom. The fourth-order valence-corrected chi connectivity index (χ4v) is 1.78. The molecule has 0 saturated heterocycles. The number of aliphatic hydroxyl groups excluding tert-OH is 1. The molecule has 1 N–H and O–H groups in total. The van der Waals surface area contributed by atoms with Gasteiger partial charge in [0.15, 0.2) is 0 Å². The average molecular weight is 251 g/mol. The molecule has 1 aliphatic heterocycles. The second-order valence-corrected chi connectivity index (χ2v) is 4.46. The number of aliphatic hydroxyl groups is 1. The number of carboxylic acid groups (broad SMARTS) is 2. The summed E-state index contributed by atoms with van der Waals surface area (Å²) in [6, 6.07) is 0.988. The minimum Gasteiger partial charge on any atom is -0.545 e. The fraction of sp³-hybridized carbons (Fsp3) is 0.364. The predicted octanol–water partition coefficient (Wildman–Crippen LogP) is -1.99. The molecule has 0 fully saturated rings. The van der Waals surface area contributed by atoms with Crippen LogP contribution in [0.25, 0.3) is 0 Å². The molecule has 96 valence electrons. The summed E-state index contributed by atoms with van der Waals surface area (Å²) in [5.41, 5.74) is -2.32. The molecule has 1 unspecified atom stereocenters. The highest BCUT2D eigenvalue weighted by molar-refractivity contribution is 5.99. The summed E-state index contributed by atoms with van der Waals surface area (Å²) in [6.45, 7) is 3.13. The quantitative estimate of drug-likeness (QED) is 0.645. The molecule has 0 amide bonds. The second-order valence-electron chi connectivity index (χ2n) is 4.46. The van der Waals surface area contributed by atoms with Gasteiger partial charge in [-0.25, -0.2) is 4.98 Å². The van der Waals surface area contributed by atoms with Crippen LogP contribution < -0.4 is 14.9 Å². The van der Waals surface area contributed by atoms with E-state index in [9.17, 15) is 24.9 Å². The van der Waals surface area contributed by atoms with E-state index in [0.717, 1.165) is 6.07 Å². The third kappa shape index (κ3) is 1.68. The number of fused-ring (bicyclic) bond motifs is 1. The Morgan fingerprint density at radius 1 is 1.39 bits per heavy atom. The van der Waals surface area contributed by atoms with E-state index in [4.69, 9.17) is 4.74 Å². The molecular weight excluding hydrogens is 242 g/mol. The standard InChI is InChI=1S/C11H11NO6/c1-11(2)7(13)5-3-4(9(14)15)6(10(16)17)12-8(5)18-11/h3,7,13H,1-2H3,(H,14,15)(H,16,17)/p-2. The van der Waals surface area contributed by atoms with E-state index in [0.29, 0.717) is 0 Å². The molecule has 1 aromatic heterocycles. The van der Waals surface area contributed by atoms with Crippen molar-refractivity contribution < 1.29 is 29.6 Å². The molecule has 2 rings (SSSR count). The fourth-order valence-electron chi connectivity index (χ4n) is 1.78. The van der Waals surface area contributed by atoms with Crippen LogP contribution in [0.4, 0.5) is 0 Å². The van der Waals surface area contributed by atoms with Gasteiger partial charge in [-0.3, -0.25) is 0 Å². The van der Waals surface area contributed by atoms with E-state index in [2.05, 4.69) is 4.98 Å². The van der Waals surface area contributed by atoms with Gasteiger partial charge in [0.2, 0.25) is 5.88 Å². The number of aromatic carboxylic acids is 2. The highest BCUT2D eigenvalue weighted by Crippen LogP contribution is 2.42. The molecule has 1 aliphatic rings. The predicted molar refractivity (Wildman–Crippen MR) is 52.6 cm³/mol. The van der Waals surface area contributed by atoms with Crippen molar-refractivity contribution in [2.75, 3.05) is 0 Å². The Morgan fingerprint density at radius 3 is 2.50 bits per heavy atom. The van der Waals surface area contributed by atoms with E-state index < -0.39 is 34.9 Å². The lowest BCUT2D eigenvalue weighted by atomic mass is 9.97. The normalized spacial score (nSPS) is 20.1. The van der Waals surface area contributed by atoms with Gasteiger partial charge < -0.3 is 29.6 Å². The highest BCUT2D eigenvalue weighted by Gasteiger charge is 2.41. The largest absolute Gasteiger partial charge is 0.545 e. The molecule has 0 spiro atoms. The lowest BCUT2D eigenvalue weighted by Gasteiger charge is -2.21. The first-order valence-corrected chi connectivity index (χ1v) is 5.08. The number of ether oxygens (including phenoxy) is 1. The maximum Gasteiger partial charge on any atom is 0.220 e. The Hall–Kier alpha value is -2.15. The van der Waals surface area contributed by atoms with E-state index >= 15 is 0 Å². The molecule has 1 aromatic rings. The number of carboxylic acids is 2. The van der Waals surface area contributed by atoms with Crippen molar-refractivity contribution in [1.29, 1.82) is 0 Å². The molecule has 7 nitrogen and oxygen atoms in total. The van der Waals surface area contributed by atoms with E-state index in [1.54, 1.807) is 13.8 Å². The first kappa shape index (κ1) is 12.3. The zero-order valence-electron chi connectivity index (χ0n) is 9.59. The summed E-state index contributed by atoms with van der Waals surface area (Å²) in [5, 5.41) is 31.5. The van der Waals surface area contributed by atoms with Gasteiger partial charge in [-0.1, -0.05) is 0 Å². The van der Waals surface area contributed by atoms with Crippen LogP contribution in [0, 0.1) is 0 Å². The topological polar surface area (TPSA) is 123 Å². The van der Waals surface area contributed by atoms with Crippen molar-refractivity contribution in [3.05, 3.63) is 22.9 Å². The summed E-state index contributed by atoms with van der Waals surface area (Å²) in [7, 11) is 0. The molecule has 1 atom stereocenters. The molecule has 2 heterocycles. The van der Waals surface area contributed by atoms with Crippen LogP contribution in [0.3, 0.4) is 0 Å². The smallest absolute Gasteiger partial charge is 0.220 e. The minimum atomic E-state index is -1.75. The average Bonchev–Trinajstić information content (AvgIpc) is 2.47. The molecular formula is C11H9NO6-2. The number of rotatable bonds is 2. The van der Waals surface area contributed by atoms with Crippen LogP contribution in [0.1, 0.15) is 46.4 Å². The summed E-state index contributed by atoms with van der Waals surface area (Å²) in [5.74, 6) is -3.57. The minimum absolute atomic E-state index is 0.114. The number of nitrogens with zero attached hydrogens (tertiary/aromatic N) is 1. The number of hydrogen-bond donors (Lipinski definition) is 1. The maximum absolute atomic E-state index is 10.8. The Bertz CT molecular complexity index is 551. The third-order valence-electron chi connectivity index (χ3n) is 2.74. The first-order valence-electron chi connectivity index (χ1n) is 5.08. The van der Waals surface area contributed by atoms with Crippen LogP contribution in [0.2, 0.25) is 0 Å². The number of hydrogen-bond acceptors (Lipinski definition) is 7. The number of carbonyl (C=O) groups excluding carboxylic acids is 2. The van der Waals surface area contributed by atoms with Gasteiger partial charge >= 0.3 is 0 Å². The second kappa shape index (κ2) is 3.67. The zero-order valence-corrected chi connectivity index (χ0v) is 9.59. The van der Waals surface area contributed by atoms with Crippen molar-refractivity contribution >= 4 is 11.9 Å². The molecule has 18 heavy (non-hydrogen) atoms. The molecule has 0 bridgehead atoms. The van der Waals surface area contributed by atoms with Gasteiger partial charge in [0.1, 0.15) is 11.7 Å². The van der Waals surface area contributed by atoms with Crippen molar-refractivity contribution in [2.24, 2.45) is 0 Å². The zero-order chi connectivity index (χ0) is 13.7. The van der Waals surface area contributed by atoms with Gasteiger partial charge in [0.25, 0.3) is 0 Å². The van der Waals surface area contributed by atoms with Crippen molar-refractivity contribution in [3.63, 3.8) is 0 Å². The van der Waals surface area contributed by atoms with E-state index in [1.807, 2.05) is 0 Å². The maximum atomic E-state index is 10.8. The summed E-state index contributed by atoms with van der Waals surface area (Å²) >= 11 is 0. The third-order valence-corrected chi connectivity index (χ3v) is 2.74. The Kier molecular flexibility index (Phi) is 2.51. The SMILES string of the molecule is CC1(C)Oc2nc(C(=O)[O-])c(C(=O)[O-])cc2C1O. The lowest BCUT2D eigenvalue weighted by molar-refractivity contribution is -0.260. The Labute approximate surface area is 102 Å². The van der Waals surface area contributed by atoms with Crippen molar-refractivity contribution in [2.45, 2.75) is 25.6 Å². The lowest BCUT2D eigenvalue weighted by Crippen LogP contribution is -2.31. The van der Waals surface area contributed by atoms with E-state index in [1.165, 1.54) is 0 Å². The number of pyridine rings is 1. The molecule has 0 saturated carbocycles. The van der Waals surface area contributed by atoms with Crippen LogP contribution in [-0.4, -0.2) is 27.6 Å². The van der Waals surface area contributed by atoms with Gasteiger partial charge in [0, 0.05) is 11.1 Å². The summed E-state index contributed by atoms with van der Waals surface area (Å²) < 4.78 is 5.27. The Balaban J connectivity index is 2.65. The van der Waals surface area contributed by atoms with Crippen molar-refractivity contribution in [1.82, 2.24) is 4.98 Å². The highest BCUT2D eigenvalue weighted by atomic mass is 16.5. The van der Waals surface area contributed by atoms with Gasteiger partial charge in [-0.15, -0.1) is 0 Å². The molecule has 0 aliphatic carbocycles. The number of carbonyl (C=O) groups is 2. The van der Waals surface area contributed by atoms with Gasteiger partial charge in [0.05, 0.1) is 17.6 Å². The monoisotopic (exact) mass is 251 g/mol. The first-order chi connectivity index (χ1) is 8.24. The van der Waals surface area contributed by atoms with Gasteiger partial charge in [-0.2, -0.15) is 0 Å². The van der Waals surface area contributed by atoms with Crippen LogP contribution in [-0.2, 0) is 0 Å². The molecule has 0 radical (unpaired) electrons. The van der Waals surface area contributed by atoms with Gasteiger partial charge in [-0.05, 0) is 19.9 Å². The molecule has 0 aromatic carbocycles. The summed E-state index contributed by atoms with van der Waals surface area (Å²) in [4.78, 5) is 25.2. The number of aromatic nitrogens is 1. The van der Waals surface area contributed by atoms with Crippen LogP contribution in [0.15, 0.2) is 6.07 Å². The summed E-state index contributed by atoms with van der Waals surface area (Å²) in [6.07, 6.45) is -1.10. The van der Waals surface area contributed by atoms with Crippen molar-refractivity contribution in [3.8, 4) is 5.88 Å².